The van der Waals surface area contributed by atoms with Crippen molar-refractivity contribution in [1.82, 2.24) is 0 Å². The maximum Gasteiger partial charge on any atom is 0.133 e. The molecule has 0 radical (unpaired) electrons. The highest BCUT2D eigenvalue weighted by molar-refractivity contribution is 6.18. The maximum atomic E-state index is 10.9. The minimum absolute atomic E-state index is 0.380. The second kappa shape index (κ2) is 3.91. The Morgan fingerprint density at radius 3 is 2.91 bits per heavy atom. The van der Waals surface area contributed by atoms with Crippen molar-refractivity contribution in [3.63, 3.8) is 0 Å². The van der Waals surface area contributed by atoms with Crippen LogP contribution in [0, 0.1) is 5.92 Å². The van der Waals surface area contributed by atoms with Gasteiger partial charge in [0.05, 0.1) is 0 Å². The third-order valence-corrected chi connectivity index (χ3v) is 2.43. The van der Waals surface area contributed by atoms with Gasteiger partial charge in [0, 0.05) is 18.7 Å². The molecular weight excluding hydrogens is 160 g/mol. The summed E-state index contributed by atoms with van der Waals surface area (Å²) in [4.78, 5) is 10.9. The number of hydrogen-bond acceptors (Lipinski definition) is 1. The van der Waals surface area contributed by atoms with Crippen molar-refractivity contribution in [2.24, 2.45) is 5.92 Å². The lowest BCUT2D eigenvalue weighted by Gasteiger charge is -2.09. The van der Waals surface area contributed by atoms with Crippen LogP contribution in [-0.4, -0.2) is 11.7 Å². The fourth-order valence-corrected chi connectivity index (χ4v) is 1.73. The summed E-state index contributed by atoms with van der Waals surface area (Å²) in [6, 6.07) is 0. The quantitative estimate of drug-likeness (QED) is 0.473. The molecule has 11 heavy (non-hydrogen) atoms. The number of Topliss-reactive ketones (excluding diaryl/α,β-unsaturated/α-hetero) is 1. The molecule has 1 aliphatic carbocycles. The van der Waals surface area contributed by atoms with Gasteiger partial charge in [0.25, 0.3) is 0 Å². The van der Waals surface area contributed by atoms with Gasteiger partial charge < -0.3 is 0 Å². The Morgan fingerprint density at radius 1 is 1.73 bits per heavy atom. The van der Waals surface area contributed by atoms with E-state index in [1.54, 1.807) is 0 Å². The maximum absolute atomic E-state index is 10.9. The molecule has 1 unspecified atom stereocenters. The van der Waals surface area contributed by atoms with Crippen LogP contribution in [0.25, 0.3) is 0 Å². The number of hydrogen-bond donors (Lipinski definition) is 0. The van der Waals surface area contributed by atoms with Crippen molar-refractivity contribution in [3.05, 3.63) is 12.2 Å². The Kier molecular flexibility index (Phi) is 3.13. The van der Waals surface area contributed by atoms with Crippen LogP contribution >= 0.6 is 11.6 Å². The van der Waals surface area contributed by atoms with E-state index in [4.69, 9.17) is 11.6 Å². The van der Waals surface area contributed by atoms with Gasteiger partial charge in [0.15, 0.2) is 0 Å². The zero-order valence-corrected chi connectivity index (χ0v) is 7.36. The van der Waals surface area contributed by atoms with Gasteiger partial charge in [-0.25, -0.2) is 0 Å². The van der Waals surface area contributed by atoms with E-state index < -0.39 is 0 Å². The summed E-state index contributed by atoms with van der Waals surface area (Å²) < 4.78 is 0. The predicted octanol–water partition coefficient (Wildman–Crippen LogP) is 2.54. The second-order valence-corrected chi connectivity index (χ2v) is 3.45. The summed E-state index contributed by atoms with van der Waals surface area (Å²) >= 11 is 5.57. The van der Waals surface area contributed by atoms with Crippen molar-refractivity contribution in [1.29, 1.82) is 0 Å². The summed E-state index contributed by atoms with van der Waals surface area (Å²) in [6.07, 6.45) is 3.30. The highest BCUT2D eigenvalue weighted by Gasteiger charge is 2.23. The van der Waals surface area contributed by atoms with Crippen molar-refractivity contribution < 1.29 is 4.79 Å². The van der Waals surface area contributed by atoms with E-state index in [1.165, 1.54) is 0 Å². The number of rotatable bonds is 3. The average molecular weight is 173 g/mol. The molecule has 1 atom stereocenters. The van der Waals surface area contributed by atoms with Crippen LogP contribution in [0.4, 0.5) is 0 Å². The third kappa shape index (κ3) is 2.33. The molecule has 0 aliphatic heterocycles. The molecule has 0 saturated heterocycles. The zero-order chi connectivity index (χ0) is 8.27. The number of alkyl halides is 1. The van der Waals surface area contributed by atoms with Gasteiger partial charge in [-0.2, -0.15) is 0 Å². The van der Waals surface area contributed by atoms with Gasteiger partial charge in [-0.15, -0.1) is 11.6 Å². The normalized spacial score (nSPS) is 24.1. The van der Waals surface area contributed by atoms with E-state index in [0.29, 0.717) is 24.0 Å². The molecule has 0 heterocycles. The van der Waals surface area contributed by atoms with Gasteiger partial charge in [-0.1, -0.05) is 12.2 Å². The first-order valence-electron chi connectivity index (χ1n) is 3.99. The standard InChI is InChI=1S/C9H13ClO/c1-7(4-5-10)8-2-3-9(11)6-8/h8H,1-6H2. The Bertz CT molecular complexity index is 174. The highest BCUT2D eigenvalue weighted by Crippen LogP contribution is 2.29. The molecule has 0 aromatic rings. The summed E-state index contributed by atoms with van der Waals surface area (Å²) in [5.41, 5.74) is 1.16. The highest BCUT2D eigenvalue weighted by atomic mass is 35.5. The summed E-state index contributed by atoms with van der Waals surface area (Å²) in [6.45, 7) is 3.92. The Morgan fingerprint density at radius 2 is 2.45 bits per heavy atom. The fraction of sp³-hybridized carbons (Fsp3) is 0.667. The molecule has 0 amide bonds. The molecule has 0 N–H and O–H groups in total. The predicted molar refractivity (Wildman–Crippen MR) is 46.8 cm³/mol. The lowest BCUT2D eigenvalue weighted by atomic mass is 9.97. The topological polar surface area (TPSA) is 17.1 Å². The van der Waals surface area contributed by atoms with Gasteiger partial charge in [-0.3, -0.25) is 4.79 Å². The van der Waals surface area contributed by atoms with Crippen molar-refractivity contribution in [3.8, 4) is 0 Å². The van der Waals surface area contributed by atoms with Gasteiger partial charge in [0.2, 0.25) is 0 Å². The zero-order valence-electron chi connectivity index (χ0n) is 6.61. The number of ketones is 1. The summed E-state index contributed by atoms with van der Waals surface area (Å²) in [7, 11) is 0. The number of carbonyl (C=O) groups is 1. The lowest BCUT2D eigenvalue weighted by Crippen LogP contribution is -1.99. The number of carbonyl (C=O) groups excluding carboxylic acids is 1. The Hall–Kier alpha value is -0.300. The fourth-order valence-electron chi connectivity index (χ4n) is 1.49. The van der Waals surface area contributed by atoms with Crippen LogP contribution in [0.3, 0.4) is 0 Å². The van der Waals surface area contributed by atoms with E-state index in [1.807, 2.05) is 0 Å². The molecule has 0 aromatic heterocycles. The van der Waals surface area contributed by atoms with Crippen molar-refractivity contribution in [2.75, 3.05) is 5.88 Å². The second-order valence-electron chi connectivity index (χ2n) is 3.08. The van der Waals surface area contributed by atoms with Crippen LogP contribution in [0.15, 0.2) is 12.2 Å². The molecular formula is C9H13ClO. The minimum Gasteiger partial charge on any atom is -0.300 e. The van der Waals surface area contributed by atoms with E-state index in [0.717, 1.165) is 24.8 Å². The van der Waals surface area contributed by atoms with Gasteiger partial charge in [-0.05, 0) is 18.8 Å². The molecule has 0 spiro atoms. The largest absolute Gasteiger partial charge is 0.300 e. The molecule has 2 heteroatoms. The molecule has 1 fully saturated rings. The van der Waals surface area contributed by atoms with Gasteiger partial charge in [0.1, 0.15) is 5.78 Å². The van der Waals surface area contributed by atoms with Crippen molar-refractivity contribution in [2.45, 2.75) is 25.7 Å². The molecule has 1 rings (SSSR count). The van der Waals surface area contributed by atoms with Gasteiger partial charge >= 0.3 is 0 Å². The van der Waals surface area contributed by atoms with Crippen LogP contribution < -0.4 is 0 Å². The first-order valence-corrected chi connectivity index (χ1v) is 4.53. The molecule has 62 valence electrons. The lowest BCUT2D eigenvalue weighted by molar-refractivity contribution is -0.117. The summed E-state index contributed by atoms with van der Waals surface area (Å²) in [5.74, 6) is 1.44. The van der Waals surface area contributed by atoms with Crippen LogP contribution in [-0.2, 0) is 4.79 Å². The minimum atomic E-state index is 0.380. The smallest absolute Gasteiger partial charge is 0.133 e. The van der Waals surface area contributed by atoms with Crippen molar-refractivity contribution >= 4 is 17.4 Å². The molecule has 1 aliphatic rings. The van der Waals surface area contributed by atoms with Crippen LogP contribution in [0.1, 0.15) is 25.7 Å². The van der Waals surface area contributed by atoms with E-state index >= 15 is 0 Å². The molecule has 0 bridgehead atoms. The molecule has 0 aromatic carbocycles. The summed E-state index contributed by atoms with van der Waals surface area (Å²) in [5, 5.41) is 0. The van der Waals surface area contributed by atoms with E-state index in [2.05, 4.69) is 6.58 Å². The Labute approximate surface area is 72.4 Å². The van der Waals surface area contributed by atoms with Crippen LogP contribution in [0.5, 0.6) is 0 Å². The first-order chi connectivity index (χ1) is 5.24. The van der Waals surface area contributed by atoms with E-state index in [-0.39, 0.29) is 0 Å². The number of allylic oxidation sites excluding steroid dienone is 1. The average Bonchev–Trinajstić information content (AvgIpc) is 2.36. The SMILES string of the molecule is C=C(CCCl)C1CCC(=O)C1. The third-order valence-electron chi connectivity index (χ3n) is 2.24. The first kappa shape index (κ1) is 8.79. The molecule has 1 nitrogen and oxygen atoms in total. The number of halogens is 1. The molecule has 1 saturated carbocycles. The van der Waals surface area contributed by atoms with E-state index in [9.17, 15) is 4.79 Å². The van der Waals surface area contributed by atoms with Crippen LogP contribution in [0.2, 0.25) is 0 Å². The monoisotopic (exact) mass is 172 g/mol. The Balaban J connectivity index is 2.37.